The van der Waals surface area contributed by atoms with Crippen LogP contribution in [0, 0.1) is 0 Å². The van der Waals surface area contributed by atoms with Gasteiger partial charge in [0.25, 0.3) is 0 Å². The summed E-state index contributed by atoms with van der Waals surface area (Å²) < 4.78 is 5.70. The van der Waals surface area contributed by atoms with Gasteiger partial charge >= 0.3 is 0 Å². The van der Waals surface area contributed by atoms with Crippen molar-refractivity contribution in [2.24, 2.45) is 4.99 Å². The number of rotatable bonds is 10. The SMILES string of the molecule is CCNC(=NCc1ccccn1)NCCCOCCc1ccccc1. The lowest BCUT2D eigenvalue weighted by Gasteiger charge is -2.11. The van der Waals surface area contributed by atoms with Gasteiger partial charge in [0.2, 0.25) is 0 Å². The van der Waals surface area contributed by atoms with E-state index in [0.717, 1.165) is 50.8 Å². The average Bonchev–Trinajstić information content (AvgIpc) is 2.67. The standard InChI is InChI=1S/C20H28N4O/c1-2-21-20(24-17-19-11-6-7-13-22-19)23-14-8-15-25-16-12-18-9-4-3-5-10-18/h3-7,9-11,13H,2,8,12,14-17H2,1H3,(H2,21,23,24). The van der Waals surface area contributed by atoms with Crippen LogP contribution in [-0.4, -0.2) is 37.2 Å². The first-order valence-electron chi connectivity index (χ1n) is 8.92. The van der Waals surface area contributed by atoms with Crippen LogP contribution in [0.4, 0.5) is 0 Å². The summed E-state index contributed by atoms with van der Waals surface area (Å²) in [5.41, 5.74) is 2.28. The van der Waals surface area contributed by atoms with Crippen LogP contribution >= 0.6 is 0 Å². The first-order chi connectivity index (χ1) is 12.4. The van der Waals surface area contributed by atoms with E-state index in [1.54, 1.807) is 6.20 Å². The summed E-state index contributed by atoms with van der Waals surface area (Å²) in [4.78, 5) is 8.83. The van der Waals surface area contributed by atoms with Gasteiger partial charge < -0.3 is 15.4 Å². The molecule has 0 bridgehead atoms. The molecule has 134 valence electrons. The molecule has 0 aliphatic heterocycles. The van der Waals surface area contributed by atoms with Crippen molar-refractivity contribution in [2.75, 3.05) is 26.3 Å². The molecule has 5 nitrogen and oxygen atoms in total. The van der Waals surface area contributed by atoms with Gasteiger partial charge in [0, 0.05) is 25.9 Å². The largest absolute Gasteiger partial charge is 0.381 e. The highest BCUT2D eigenvalue weighted by Gasteiger charge is 1.98. The number of pyridine rings is 1. The van der Waals surface area contributed by atoms with Gasteiger partial charge in [0.15, 0.2) is 5.96 Å². The van der Waals surface area contributed by atoms with E-state index in [2.05, 4.69) is 51.8 Å². The predicted molar refractivity (Wildman–Crippen MR) is 103 cm³/mol. The number of aromatic nitrogens is 1. The minimum absolute atomic E-state index is 0.573. The minimum Gasteiger partial charge on any atom is -0.381 e. The lowest BCUT2D eigenvalue weighted by Crippen LogP contribution is -2.38. The molecule has 2 aromatic rings. The summed E-state index contributed by atoms with van der Waals surface area (Å²) in [5.74, 6) is 0.817. The van der Waals surface area contributed by atoms with Gasteiger partial charge in [-0.1, -0.05) is 36.4 Å². The van der Waals surface area contributed by atoms with Crippen LogP contribution in [0.3, 0.4) is 0 Å². The summed E-state index contributed by atoms with van der Waals surface area (Å²) in [6.45, 7) is 5.81. The van der Waals surface area contributed by atoms with E-state index >= 15 is 0 Å². The van der Waals surface area contributed by atoms with Gasteiger partial charge in [-0.3, -0.25) is 4.98 Å². The van der Waals surface area contributed by atoms with Gasteiger partial charge in [-0.2, -0.15) is 0 Å². The molecule has 25 heavy (non-hydrogen) atoms. The molecule has 2 N–H and O–H groups in total. The highest BCUT2D eigenvalue weighted by Crippen LogP contribution is 1.99. The van der Waals surface area contributed by atoms with Gasteiger partial charge in [-0.25, -0.2) is 4.99 Å². The number of nitrogens with one attached hydrogen (secondary N) is 2. The van der Waals surface area contributed by atoms with Crippen LogP contribution in [0.15, 0.2) is 59.7 Å². The van der Waals surface area contributed by atoms with Gasteiger partial charge in [-0.15, -0.1) is 0 Å². The van der Waals surface area contributed by atoms with Crippen LogP contribution in [0.25, 0.3) is 0 Å². The second-order valence-electron chi connectivity index (χ2n) is 5.64. The topological polar surface area (TPSA) is 58.5 Å². The normalized spacial score (nSPS) is 11.3. The van der Waals surface area contributed by atoms with Gasteiger partial charge in [0.05, 0.1) is 18.8 Å². The number of aliphatic imine (C=N–C) groups is 1. The van der Waals surface area contributed by atoms with Crippen molar-refractivity contribution in [2.45, 2.75) is 26.3 Å². The Morgan fingerprint density at radius 3 is 2.64 bits per heavy atom. The van der Waals surface area contributed by atoms with Gasteiger partial charge in [0.1, 0.15) is 0 Å². The van der Waals surface area contributed by atoms with E-state index in [9.17, 15) is 0 Å². The fourth-order valence-electron chi connectivity index (χ4n) is 2.31. The Balaban J connectivity index is 1.59. The van der Waals surface area contributed by atoms with Crippen molar-refractivity contribution in [1.29, 1.82) is 0 Å². The quantitative estimate of drug-likeness (QED) is 0.397. The fraction of sp³-hybridized carbons (Fsp3) is 0.400. The molecule has 1 aromatic carbocycles. The van der Waals surface area contributed by atoms with Crippen molar-refractivity contribution >= 4 is 5.96 Å². The lowest BCUT2D eigenvalue weighted by atomic mass is 10.2. The zero-order valence-electron chi connectivity index (χ0n) is 14.9. The number of guanidine groups is 1. The number of ether oxygens (including phenoxy) is 1. The Morgan fingerprint density at radius 1 is 1.04 bits per heavy atom. The molecule has 0 spiro atoms. The number of nitrogens with zero attached hydrogens (tertiary/aromatic N) is 2. The number of hydrogen-bond donors (Lipinski definition) is 2. The highest BCUT2D eigenvalue weighted by atomic mass is 16.5. The molecule has 1 aromatic heterocycles. The van der Waals surface area contributed by atoms with Crippen LogP contribution in [0.2, 0.25) is 0 Å². The second-order valence-corrected chi connectivity index (χ2v) is 5.64. The van der Waals surface area contributed by atoms with E-state index in [1.165, 1.54) is 5.56 Å². The molecular weight excluding hydrogens is 312 g/mol. The molecule has 1 heterocycles. The summed E-state index contributed by atoms with van der Waals surface area (Å²) >= 11 is 0. The minimum atomic E-state index is 0.573. The fourth-order valence-corrected chi connectivity index (χ4v) is 2.31. The predicted octanol–water partition coefficient (Wildman–Crippen LogP) is 2.79. The van der Waals surface area contributed by atoms with E-state index in [0.29, 0.717) is 6.54 Å². The summed E-state index contributed by atoms with van der Waals surface area (Å²) in [6.07, 6.45) is 3.70. The zero-order chi connectivity index (χ0) is 17.6. The molecule has 0 saturated carbocycles. The van der Waals surface area contributed by atoms with E-state index in [-0.39, 0.29) is 0 Å². The molecule has 0 aliphatic rings. The summed E-state index contributed by atoms with van der Waals surface area (Å²) in [7, 11) is 0. The zero-order valence-corrected chi connectivity index (χ0v) is 14.9. The molecule has 5 heteroatoms. The number of benzene rings is 1. The maximum atomic E-state index is 5.70. The Bertz CT molecular complexity index is 602. The Hall–Kier alpha value is -2.40. The Morgan fingerprint density at radius 2 is 1.88 bits per heavy atom. The third-order valence-corrected chi connectivity index (χ3v) is 3.61. The van der Waals surface area contributed by atoms with E-state index in [1.807, 2.05) is 24.3 Å². The second kappa shape index (κ2) is 12.0. The molecule has 0 fully saturated rings. The first-order valence-corrected chi connectivity index (χ1v) is 8.92. The first kappa shape index (κ1) is 18.9. The van der Waals surface area contributed by atoms with Crippen molar-refractivity contribution in [3.05, 3.63) is 66.0 Å². The molecule has 0 saturated heterocycles. The Labute approximate surface area is 150 Å². The molecule has 0 atom stereocenters. The van der Waals surface area contributed by atoms with Crippen molar-refractivity contribution < 1.29 is 4.74 Å². The van der Waals surface area contributed by atoms with Crippen LogP contribution < -0.4 is 10.6 Å². The third-order valence-electron chi connectivity index (χ3n) is 3.61. The Kier molecular flexibility index (Phi) is 9.11. The summed E-state index contributed by atoms with van der Waals surface area (Å²) in [6, 6.07) is 16.3. The van der Waals surface area contributed by atoms with Gasteiger partial charge in [-0.05, 0) is 37.5 Å². The molecule has 0 unspecified atom stereocenters. The van der Waals surface area contributed by atoms with Crippen molar-refractivity contribution in [1.82, 2.24) is 15.6 Å². The smallest absolute Gasteiger partial charge is 0.191 e. The maximum Gasteiger partial charge on any atom is 0.191 e. The van der Waals surface area contributed by atoms with E-state index < -0.39 is 0 Å². The molecule has 2 rings (SSSR count). The maximum absolute atomic E-state index is 5.70. The number of hydrogen-bond acceptors (Lipinski definition) is 3. The van der Waals surface area contributed by atoms with Crippen molar-refractivity contribution in [3.8, 4) is 0 Å². The van der Waals surface area contributed by atoms with Crippen LogP contribution in [-0.2, 0) is 17.7 Å². The molecular formula is C20H28N4O. The molecule has 0 amide bonds. The third kappa shape index (κ3) is 8.31. The highest BCUT2D eigenvalue weighted by molar-refractivity contribution is 5.79. The molecule has 0 aliphatic carbocycles. The van der Waals surface area contributed by atoms with Crippen LogP contribution in [0.5, 0.6) is 0 Å². The van der Waals surface area contributed by atoms with E-state index in [4.69, 9.17) is 4.74 Å². The average molecular weight is 340 g/mol. The van der Waals surface area contributed by atoms with Crippen LogP contribution in [0.1, 0.15) is 24.6 Å². The molecule has 0 radical (unpaired) electrons. The lowest BCUT2D eigenvalue weighted by molar-refractivity contribution is 0.135. The summed E-state index contributed by atoms with van der Waals surface area (Å²) in [5, 5.41) is 6.58. The monoisotopic (exact) mass is 340 g/mol. The van der Waals surface area contributed by atoms with Crippen molar-refractivity contribution in [3.63, 3.8) is 0 Å².